The van der Waals surface area contributed by atoms with Gasteiger partial charge < -0.3 is 14.9 Å². The fourth-order valence-electron chi connectivity index (χ4n) is 2.90. The van der Waals surface area contributed by atoms with Crippen LogP contribution in [0.15, 0.2) is 28.7 Å². The smallest absolute Gasteiger partial charge is 0.342 e. The van der Waals surface area contributed by atoms with Gasteiger partial charge in [-0.3, -0.25) is 4.90 Å². The van der Waals surface area contributed by atoms with Gasteiger partial charge >= 0.3 is 5.97 Å². The average Bonchev–Trinajstić information content (AvgIpc) is 2.93. The number of anilines is 1. The number of nitrogens with zero attached hydrogens (tertiary/aromatic N) is 3. The van der Waals surface area contributed by atoms with E-state index in [0.717, 1.165) is 5.56 Å². The largest absolute Gasteiger partial charge is 0.462 e. The number of carbonyl (C=O) groups excluding carboxylic acids is 1. The van der Waals surface area contributed by atoms with E-state index in [4.69, 9.17) is 14.9 Å². The molecule has 2 aromatic heterocycles. The van der Waals surface area contributed by atoms with Crippen molar-refractivity contribution in [3.05, 3.63) is 52.8 Å². The second-order valence-electron chi connectivity index (χ2n) is 6.26. The molecule has 0 fully saturated rings. The Kier molecular flexibility index (Phi) is 5.36. The fraction of sp³-hybridized carbons (Fsp3) is 0.316. The maximum Gasteiger partial charge on any atom is 0.342 e. The second kappa shape index (κ2) is 7.71. The molecule has 1 aromatic carbocycles. The number of aryl methyl sites for hydroxylation is 1. The lowest BCUT2D eigenvalue weighted by Gasteiger charge is -2.16. The van der Waals surface area contributed by atoms with Gasteiger partial charge in [0.2, 0.25) is 5.71 Å². The summed E-state index contributed by atoms with van der Waals surface area (Å²) < 4.78 is 23.7. The predicted molar refractivity (Wildman–Crippen MR) is 98.5 cm³/mol. The highest BCUT2D eigenvalue weighted by Crippen LogP contribution is 2.29. The van der Waals surface area contributed by atoms with E-state index in [2.05, 4.69) is 9.97 Å². The number of benzene rings is 1. The predicted octanol–water partition coefficient (Wildman–Crippen LogP) is 3.06. The molecule has 0 spiro atoms. The molecule has 0 amide bonds. The van der Waals surface area contributed by atoms with Gasteiger partial charge in [0.05, 0.1) is 18.5 Å². The van der Waals surface area contributed by atoms with Gasteiger partial charge in [-0.05, 0) is 38.6 Å². The molecule has 0 aliphatic carbocycles. The van der Waals surface area contributed by atoms with Crippen LogP contribution in [0.25, 0.3) is 11.1 Å². The van der Waals surface area contributed by atoms with E-state index in [1.807, 2.05) is 11.9 Å². The van der Waals surface area contributed by atoms with Gasteiger partial charge in [0.1, 0.15) is 28.8 Å². The van der Waals surface area contributed by atoms with E-state index in [-0.39, 0.29) is 29.5 Å². The highest BCUT2D eigenvalue weighted by molar-refractivity contribution is 6.07. The summed E-state index contributed by atoms with van der Waals surface area (Å²) in [6.45, 7) is 4.63. The van der Waals surface area contributed by atoms with Crippen LogP contribution in [0.3, 0.4) is 0 Å². The number of fused-ring (bicyclic) bond motifs is 1. The van der Waals surface area contributed by atoms with E-state index in [9.17, 15) is 9.18 Å². The molecule has 7 nitrogen and oxygen atoms in total. The SMILES string of the molecule is CCOC(=O)c1c(C)oc2nc(CN(C)Cc3ccc(F)cc3)nc(N)c12. The van der Waals surface area contributed by atoms with Crippen LogP contribution in [0.1, 0.15) is 34.4 Å². The normalized spacial score (nSPS) is 11.3. The van der Waals surface area contributed by atoms with Crippen molar-refractivity contribution in [2.45, 2.75) is 26.9 Å². The number of furan rings is 1. The van der Waals surface area contributed by atoms with Crippen molar-refractivity contribution in [1.29, 1.82) is 0 Å². The van der Waals surface area contributed by atoms with Crippen molar-refractivity contribution in [2.75, 3.05) is 19.4 Å². The standard InChI is InChI=1S/C19H21FN4O3/c1-4-26-19(25)15-11(2)27-18-16(15)17(21)22-14(23-18)10-24(3)9-12-5-7-13(20)8-6-12/h5-8H,4,9-10H2,1-3H3,(H2,21,22,23). The molecule has 142 valence electrons. The molecular formula is C19H21FN4O3. The van der Waals surface area contributed by atoms with Gasteiger partial charge in [-0.1, -0.05) is 12.1 Å². The monoisotopic (exact) mass is 372 g/mol. The van der Waals surface area contributed by atoms with Gasteiger partial charge in [-0.2, -0.15) is 4.98 Å². The van der Waals surface area contributed by atoms with Gasteiger partial charge in [-0.25, -0.2) is 14.2 Å². The molecule has 2 N–H and O–H groups in total. The van der Waals surface area contributed by atoms with Crippen molar-refractivity contribution < 1.29 is 18.3 Å². The number of nitrogen functional groups attached to an aromatic ring is 1. The Labute approximate surface area is 155 Å². The minimum Gasteiger partial charge on any atom is -0.462 e. The van der Waals surface area contributed by atoms with Gasteiger partial charge in [-0.15, -0.1) is 0 Å². The Morgan fingerprint density at radius 2 is 1.96 bits per heavy atom. The second-order valence-corrected chi connectivity index (χ2v) is 6.26. The van der Waals surface area contributed by atoms with Crippen LogP contribution in [0.4, 0.5) is 10.2 Å². The number of ether oxygens (including phenoxy) is 1. The molecule has 2 heterocycles. The van der Waals surface area contributed by atoms with Crippen LogP contribution in [0.2, 0.25) is 0 Å². The number of aromatic nitrogens is 2. The first-order valence-corrected chi connectivity index (χ1v) is 8.54. The summed E-state index contributed by atoms with van der Waals surface area (Å²) in [5, 5.41) is 0.371. The minimum absolute atomic E-state index is 0.171. The zero-order chi connectivity index (χ0) is 19.6. The van der Waals surface area contributed by atoms with Gasteiger partial charge in [0, 0.05) is 6.54 Å². The van der Waals surface area contributed by atoms with Crippen molar-refractivity contribution in [3.8, 4) is 0 Å². The molecule has 0 saturated heterocycles. The molecule has 8 heteroatoms. The number of halogens is 1. The molecule has 27 heavy (non-hydrogen) atoms. The summed E-state index contributed by atoms with van der Waals surface area (Å²) in [7, 11) is 1.89. The maximum atomic E-state index is 13.0. The highest BCUT2D eigenvalue weighted by Gasteiger charge is 2.24. The Balaban J connectivity index is 1.84. The Morgan fingerprint density at radius 3 is 2.63 bits per heavy atom. The van der Waals surface area contributed by atoms with Crippen LogP contribution < -0.4 is 5.73 Å². The Hall–Kier alpha value is -3.00. The first-order valence-electron chi connectivity index (χ1n) is 8.54. The first kappa shape index (κ1) is 18.8. The summed E-state index contributed by atoms with van der Waals surface area (Å²) >= 11 is 0. The van der Waals surface area contributed by atoms with Crippen LogP contribution >= 0.6 is 0 Å². The molecule has 0 atom stereocenters. The van der Waals surface area contributed by atoms with Crippen LogP contribution in [0, 0.1) is 12.7 Å². The molecule has 0 bridgehead atoms. The fourth-order valence-corrected chi connectivity index (χ4v) is 2.90. The number of rotatable bonds is 6. The zero-order valence-corrected chi connectivity index (χ0v) is 15.5. The zero-order valence-electron chi connectivity index (χ0n) is 15.5. The van der Waals surface area contributed by atoms with E-state index < -0.39 is 5.97 Å². The van der Waals surface area contributed by atoms with Gasteiger partial charge in [0.15, 0.2) is 0 Å². The molecule has 0 saturated carbocycles. The molecule has 0 radical (unpaired) electrons. The van der Waals surface area contributed by atoms with E-state index in [1.54, 1.807) is 26.0 Å². The summed E-state index contributed by atoms with van der Waals surface area (Å²) in [4.78, 5) is 22.8. The number of hydrogen-bond donors (Lipinski definition) is 1. The van der Waals surface area contributed by atoms with Crippen molar-refractivity contribution >= 4 is 22.9 Å². The maximum absolute atomic E-state index is 13.0. The number of carbonyl (C=O) groups is 1. The molecule has 0 unspecified atom stereocenters. The quantitative estimate of drug-likeness (QED) is 0.665. The van der Waals surface area contributed by atoms with Crippen molar-refractivity contribution in [1.82, 2.24) is 14.9 Å². The average molecular weight is 372 g/mol. The van der Waals surface area contributed by atoms with Gasteiger partial charge in [0.25, 0.3) is 0 Å². The van der Waals surface area contributed by atoms with Crippen LogP contribution in [-0.2, 0) is 17.8 Å². The van der Waals surface area contributed by atoms with E-state index in [1.165, 1.54) is 12.1 Å². The number of nitrogens with two attached hydrogens (primary N) is 1. The molecular weight excluding hydrogens is 351 g/mol. The molecule has 3 aromatic rings. The molecule has 0 aliphatic rings. The van der Waals surface area contributed by atoms with E-state index in [0.29, 0.717) is 30.1 Å². The number of esters is 1. The highest BCUT2D eigenvalue weighted by atomic mass is 19.1. The third-order valence-corrected chi connectivity index (χ3v) is 4.06. The van der Waals surface area contributed by atoms with Crippen molar-refractivity contribution in [2.24, 2.45) is 0 Å². The van der Waals surface area contributed by atoms with Crippen LogP contribution in [0.5, 0.6) is 0 Å². The lowest BCUT2D eigenvalue weighted by atomic mass is 10.2. The van der Waals surface area contributed by atoms with Crippen LogP contribution in [-0.4, -0.2) is 34.5 Å². The summed E-state index contributed by atoms with van der Waals surface area (Å²) in [6.07, 6.45) is 0. The minimum atomic E-state index is -0.509. The third kappa shape index (κ3) is 4.06. The summed E-state index contributed by atoms with van der Waals surface area (Å²) in [6, 6.07) is 6.30. The summed E-state index contributed by atoms with van der Waals surface area (Å²) in [5.41, 5.74) is 7.55. The third-order valence-electron chi connectivity index (χ3n) is 4.06. The Bertz CT molecular complexity index is 969. The Morgan fingerprint density at radius 1 is 1.26 bits per heavy atom. The topological polar surface area (TPSA) is 94.5 Å². The lowest BCUT2D eigenvalue weighted by molar-refractivity contribution is 0.0526. The van der Waals surface area contributed by atoms with Crippen molar-refractivity contribution in [3.63, 3.8) is 0 Å². The first-order chi connectivity index (χ1) is 12.9. The summed E-state index contributed by atoms with van der Waals surface area (Å²) in [5.74, 6) is 0.249. The van der Waals surface area contributed by atoms with E-state index >= 15 is 0 Å². The lowest BCUT2D eigenvalue weighted by Crippen LogP contribution is -2.19. The number of hydrogen-bond acceptors (Lipinski definition) is 7. The molecule has 3 rings (SSSR count). The molecule has 0 aliphatic heterocycles.